The fourth-order valence-electron chi connectivity index (χ4n) is 2.64. The Bertz CT molecular complexity index is 405. The zero-order valence-corrected chi connectivity index (χ0v) is 12.6. The first-order valence-electron chi connectivity index (χ1n) is 7.26. The number of anilines is 2. The first kappa shape index (κ1) is 14.2. The van der Waals surface area contributed by atoms with E-state index in [2.05, 4.69) is 44.7 Å². The van der Waals surface area contributed by atoms with Crippen LogP contribution in [0.3, 0.4) is 0 Å². The van der Waals surface area contributed by atoms with Crippen LogP contribution in [-0.4, -0.2) is 26.3 Å². The third-order valence-corrected chi connectivity index (χ3v) is 3.85. The molecule has 3 heteroatoms. The normalized spacial score (nSPS) is 16.4. The molecule has 0 atom stereocenters. The van der Waals surface area contributed by atoms with E-state index in [0.717, 1.165) is 32.0 Å². The van der Waals surface area contributed by atoms with Gasteiger partial charge in [0.25, 0.3) is 0 Å². The SMILES string of the molecule is CC(C)c1cc(N2CCOCC2)cc(C(C)C)c1N. The minimum atomic E-state index is 0.457. The van der Waals surface area contributed by atoms with Gasteiger partial charge < -0.3 is 15.4 Å². The van der Waals surface area contributed by atoms with Crippen molar-refractivity contribution in [3.63, 3.8) is 0 Å². The lowest BCUT2D eigenvalue weighted by Crippen LogP contribution is -2.36. The highest BCUT2D eigenvalue weighted by atomic mass is 16.5. The minimum absolute atomic E-state index is 0.457. The van der Waals surface area contributed by atoms with E-state index in [0.29, 0.717) is 11.8 Å². The smallest absolute Gasteiger partial charge is 0.0642 e. The number of nitrogens with two attached hydrogens (primary N) is 1. The van der Waals surface area contributed by atoms with E-state index in [-0.39, 0.29) is 0 Å². The lowest BCUT2D eigenvalue weighted by atomic mass is 9.92. The number of nitrogens with zero attached hydrogens (tertiary/aromatic N) is 1. The number of ether oxygens (including phenoxy) is 1. The molecule has 19 heavy (non-hydrogen) atoms. The molecule has 1 saturated heterocycles. The molecule has 2 N–H and O–H groups in total. The van der Waals surface area contributed by atoms with Crippen molar-refractivity contribution in [3.05, 3.63) is 23.3 Å². The molecule has 1 aromatic carbocycles. The zero-order valence-electron chi connectivity index (χ0n) is 12.6. The minimum Gasteiger partial charge on any atom is -0.398 e. The Kier molecular flexibility index (Phi) is 4.35. The molecule has 0 aromatic heterocycles. The number of morpholine rings is 1. The topological polar surface area (TPSA) is 38.5 Å². The van der Waals surface area contributed by atoms with Gasteiger partial charge in [-0.25, -0.2) is 0 Å². The van der Waals surface area contributed by atoms with Crippen LogP contribution in [0.1, 0.15) is 50.7 Å². The summed E-state index contributed by atoms with van der Waals surface area (Å²) in [4.78, 5) is 2.40. The molecular weight excluding hydrogens is 236 g/mol. The number of hydrogen-bond donors (Lipinski definition) is 1. The third kappa shape index (κ3) is 3.03. The van der Waals surface area contributed by atoms with E-state index in [1.165, 1.54) is 16.8 Å². The van der Waals surface area contributed by atoms with Crippen LogP contribution in [0.4, 0.5) is 11.4 Å². The highest BCUT2D eigenvalue weighted by molar-refractivity contribution is 5.65. The predicted octanol–water partition coefficient (Wildman–Crippen LogP) is 3.35. The fraction of sp³-hybridized carbons (Fsp3) is 0.625. The van der Waals surface area contributed by atoms with Gasteiger partial charge in [-0.05, 0) is 35.1 Å². The second kappa shape index (κ2) is 5.83. The van der Waals surface area contributed by atoms with Crippen LogP contribution < -0.4 is 10.6 Å². The van der Waals surface area contributed by atoms with Crippen molar-refractivity contribution in [1.82, 2.24) is 0 Å². The van der Waals surface area contributed by atoms with Crippen molar-refractivity contribution in [2.75, 3.05) is 36.9 Å². The van der Waals surface area contributed by atoms with Crippen LogP contribution in [-0.2, 0) is 4.74 Å². The average molecular weight is 262 g/mol. The maximum absolute atomic E-state index is 6.34. The first-order chi connectivity index (χ1) is 9.00. The number of nitrogen functional groups attached to an aromatic ring is 1. The van der Waals surface area contributed by atoms with Gasteiger partial charge in [0.15, 0.2) is 0 Å². The summed E-state index contributed by atoms with van der Waals surface area (Å²) >= 11 is 0. The summed E-state index contributed by atoms with van der Waals surface area (Å²) < 4.78 is 5.43. The highest BCUT2D eigenvalue weighted by Crippen LogP contribution is 2.34. The largest absolute Gasteiger partial charge is 0.398 e. The van der Waals surface area contributed by atoms with Gasteiger partial charge in [0.05, 0.1) is 13.2 Å². The second-order valence-electron chi connectivity index (χ2n) is 5.95. The Balaban J connectivity index is 2.43. The standard InChI is InChI=1S/C16H26N2O/c1-11(2)14-9-13(18-5-7-19-8-6-18)10-15(12(3)4)16(14)17/h9-12H,5-8,17H2,1-4H3. The van der Waals surface area contributed by atoms with E-state index in [1.54, 1.807) is 0 Å². The van der Waals surface area contributed by atoms with Gasteiger partial charge in [0.2, 0.25) is 0 Å². The quantitative estimate of drug-likeness (QED) is 0.849. The molecule has 1 aliphatic rings. The number of hydrogen-bond acceptors (Lipinski definition) is 3. The Morgan fingerprint density at radius 2 is 1.47 bits per heavy atom. The molecule has 0 radical (unpaired) electrons. The Morgan fingerprint density at radius 3 is 1.89 bits per heavy atom. The molecule has 1 heterocycles. The summed E-state index contributed by atoms with van der Waals surface area (Å²) in [6.07, 6.45) is 0. The van der Waals surface area contributed by atoms with E-state index in [1.807, 2.05) is 0 Å². The lowest BCUT2D eigenvalue weighted by Gasteiger charge is -2.31. The fourth-order valence-corrected chi connectivity index (χ4v) is 2.64. The summed E-state index contributed by atoms with van der Waals surface area (Å²) in [6, 6.07) is 4.52. The van der Waals surface area contributed by atoms with Gasteiger partial charge in [-0.1, -0.05) is 27.7 Å². The van der Waals surface area contributed by atoms with Crippen LogP contribution >= 0.6 is 0 Å². The lowest BCUT2D eigenvalue weighted by molar-refractivity contribution is 0.122. The third-order valence-electron chi connectivity index (χ3n) is 3.85. The molecule has 0 unspecified atom stereocenters. The first-order valence-corrected chi connectivity index (χ1v) is 7.26. The summed E-state index contributed by atoms with van der Waals surface area (Å²) in [5.41, 5.74) is 11.2. The van der Waals surface area contributed by atoms with Gasteiger partial charge in [0, 0.05) is 24.5 Å². The number of rotatable bonds is 3. The van der Waals surface area contributed by atoms with Crippen molar-refractivity contribution in [2.24, 2.45) is 0 Å². The Hall–Kier alpha value is -1.22. The molecular formula is C16H26N2O. The van der Waals surface area contributed by atoms with Crippen LogP contribution in [0, 0.1) is 0 Å². The monoisotopic (exact) mass is 262 g/mol. The maximum atomic E-state index is 6.34. The molecule has 1 aromatic rings. The van der Waals surface area contributed by atoms with E-state index in [4.69, 9.17) is 10.5 Å². The molecule has 0 bridgehead atoms. The molecule has 106 valence electrons. The van der Waals surface area contributed by atoms with E-state index in [9.17, 15) is 0 Å². The second-order valence-corrected chi connectivity index (χ2v) is 5.95. The number of benzene rings is 1. The molecule has 2 rings (SSSR count). The molecule has 0 amide bonds. The van der Waals surface area contributed by atoms with Crippen LogP contribution in [0.5, 0.6) is 0 Å². The Morgan fingerprint density at radius 1 is 1.00 bits per heavy atom. The summed E-state index contributed by atoms with van der Waals surface area (Å²) in [5.74, 6) is 0.914. The summed E-state index contributed by atoms with van der Waals surface area (Å²) in [6.45, 7) is 12.4. The zero-order chi connectivity index (χ0) is 14.0. The van der Waals surface area contributed by atoms with Crippen LogP contribution in [0.25, 0.3) is 0 Å². The summed E-state index contributed by atoms with van der Waals surface area (Å²) in [5, 5.41) is 0. The van der Waals surface area contributed by atoms with Crippen molar-refractivity contribution in [1.29, 1.82) is 0 Å². The van der Waals surface area contributed by atoms with Crippen LogP contribution in [0.15, 0.2) is 12.1 Å². The maximum Gasteiger partial charge on any atom is 0.0642 e. The molecule has 1 aliphatic heterocycles. The van der Waals surface area contributed by atoms with Crippen molar-refractivity contribution >= 4 is 11.4 Å². The van der Waals surface area contributed by atoms with Gasteiger partial charge in [0.1, 0.15) is 0 Å². The van der Waals surface area contributed by atoms with Gasteiger partial charge in [-0.15, -0.1) is 0 Å². The van der Waals surface area contributed by atoms with Gasteiger partial charge in [-0.2, -0.15) is 0 Å². The van der Waals surface area contributed by atoms with E-state index < -0.39 is 0 Å². The molecule has 0 aliphatic carbocycles. The highest BCUT2D eigenvalue weighted by Gasteiger charge is 2.17. The molecule has 0 spiro atoms. The Labute approximate surface area is 116 Å². The molecule has 1 fully saturated rings. The van der Waals surface area contributed by atoms with Crippen LogP contribution in [0.2, 0.25) is 0 Å². The van der Waals surface area contributed by atoms with Crippen molar-refractivity contribution < 1.29 is 4.74 Å². The van der Waals surface area contributed by atoms with Crippen molar-refractivity contribution in [3.8, 4) is 0 Å². The molecule has 3 nitrogen and oxygen atoms in total. The van der Waals surface area contributed by atoms with E-state index >= 15 is 0 Å². The van der Waals surface area contributed by atoms with Gasteiger partial charge >= 0.3 is 0 Å². The summed E-state index contributed by atoms with van der Waals surface area (Å²) in [7, 11) is 0. The predicted molar refractivity (Wildman–Crippen MR) is 82.1 cm³/mol. The van der Waals surface area contributed by atoms with Crippen molar-refractivity contribution in [2.45, 2.75) is 39.5 Å². The van der Waals surface area contributed by atoms with Gasteiger partial charge in [-0.3, -0.25) is 0 Å². The average Bonchev–Trinajstić information content (AvgIpc) is 2.39. The molecule has 0 saturated carbocycles.